The van der Waals surface area contributed by atoms with Gasteiger partial charge in [0.2, 0.25) is 5.91 Å². The molecule has 0 spiro atoms. The number of carbonyl (C=O) groups is 1. The molecule has 6 unspecified atom stereocenters. The number of allylic oxidation sites excluding steroid dienone is 1. The van der Waals surface area contributed by atoms with Gasteiger partial charge in [0.15, 0.2) is 0 Å². The minimum absolute atomic E-state index is 0.00931. The van der Waals surface area contributed by atoms with E-state index in [0.29, 0.717) is 18.0 Å². The number of rotatable bonds is 8. The molecule has 2 saturated heterocycles. The number of amides is 1. The highest BCUT2D eigenvalue weighted by Crippen LogP contribution is 2.61. The molecule has 236 valence electrons. The summed E-state index contributed by atoms with van der Waals surface area (Å²) in [5, 5.41) is 6.95. The molecule has 3 aliphatic heterocycles. The van der Waals surface area contributed by atoms with E-state index >= 15 is 0 Å². The molecule has 1 saturated carbocycles. The van der Waals surface area contributed by atoms with Gasteiger partial charge in [-0.1, -0.05) is 44.3 Å². The molecule has 1 amide bonds. The average Bonchev–Trinajstić information content (AvgIpc) is 3.64. The molecule has 6 N–H and O–H groups in total. The third-order valence-corrected chi connectivity index (χ3v) is 11.5. The van der Waals surface area contributed by atoms with Crippen molar-refractivity contribution in [3.8, 4) is 0 Å². The predicted octanol–water partition coefficient (Wildman–Crippen LogP) is 3.10. The first-order chi connectivity index (χ1) is 19.4. The van der Waals surface area contributed by atoms with Crippen LogP contribution < -0.4 is 22.1 Å². The number of nitrogens with two attached hydrogens (primary N) is 2. The Bertz CT molecular complexity index is 926. The van der Waals surface area contributed by atoms with Crippen LogP contribution in [0, 0.1) is 11.3 Å². The van der Waals surface area contributed by atoms with Crippen LogP contribution in [0.3, 0.4) is 0 Å². The van der Waals surface area contributed by atoms with E-state index in [2.05, 4.69) is 67.1 Å². The summed E-state index contributed by atoms with van der Waals surface area (Å²) in [5.74, 6) is -0.502. The first-order valence-electron chi connectivity index (χ1n) is 16.5. The molecule has 0 radical (unpaired) electrons. The number of hydrogen-bond acceptors (Lipinski definition) is 7. The molecule has 41 heavy (non-hydrogen) atoms. The normalized spacial score (nSPS) is 35.1. The van der Waals surface area contributed by atoms with E-state index < -0.39 is 12.1 Å². The lowest BCUT2D eigenvalue weighted by atomic mass is 9.87. The van der Waals surface area contributed by atoms with Gasteiger partial charge >= 0.3 is 0 Å². The van der Waals surface area contributed by atoms with Crippen LogP contribution >= 0.6 is 11.6 Å². The van der Waals surface area contributed by atoms with Gasteiger partial charge in [-0.25, -0.2) is 0 Å². The summed E-state index contributed by atoms with van der Waals surface area (Å²) in [6.45, 7) is 14.7. The highest BCUT2D eigenvalue weighted by atomic mass is 35.5. The molecular weight excluding hydrogens is 534 g/mol. The number of carbonyl (C=O) groups excluding carboxylic acids is 1. The molecule has 8 nitrogen and oxygen atoms in total. The van der Waals surface area contributed by atoms with Gasteiger partial charge in [-0.05, 0) is 78.4 Å². The lowest BCUT2D eigenvalue weighted by molar-refractivity contribution is -0.129. The molecule has 4 aliphatic rings. The van der Waals surface area contributed by atoms with Gasteiger partial charge in [0.05, 0.1) is 23.5 Å². The minimum Gasteiger partial charge on any atom is -0.350 e. The Balaban J connectivity index is 1.51. The van der Waals surface area contributed by atoms with E-state index in [1.807, 2.05) is 0 Å². The Labute approximate surface area is 255 Å². The number of piperazine rings is 1. The van der Waals surface area contributed by atoms with Crippen molar-refractivity contribution >= 4 is 17.5 Å². The van der Waals surface area contributed by atoms with Gasteiger partial charge < -0.3 is 27.0 Å². The smallest absolute Gasteiger partial charge is 0.227 e. The second-order valence-electron chi connectivity index (χ2n) is 14.3. The van der Waals surface area contributed by atoms with Gasteiger partial charge in [0.1, 0.15) is 0 Å². The van der Waals surface area contributed by atoms with Crippen LogP contribution in [-0.4, -0.2) is 109 Å². The van der Waals surface area contributed by atoms with E-state index in [9.17, 15) is 4.79 Å². The van der Waals surface area contributed by atoms with Crippen molar-refractivity contribution < 1.29 is 4.79 Å². The lowest BCUT2D eigenvalue weighted by Gasteiger charge is -2.50. The summed E-state index contributed by atoms with van der Waals surface area (Å²) in [4.78, 5) is 21.5. The lowest BCUT2D eigenvalue weighted by Crippen LogP contribution is -2.67. The maximum Gasteiger partial charge on any atom is 0.227 e. The second-order valence-corrected chi connectivity index (χ2v) is 14.8. The molecule has 1 aliphatic carbocycles. The molecule has 3 heterocycles. The van der Waals surface area contributed by atoms with Crippen LogP contribution in [0.1, 0.15) is 85.5 Å². The zero-order valence-corrected chi connectivity index (χ0v) is 27.6. The third-order valence-electron chi connectivity index (χ3n) is 11.1. The number of piperidine rings is 1. The van der Waals surface area contributed by atoms with Crippen LogP contribution in [0.5, 0.6) is 0 Å². The predicted molar refractivity (Wildman–Crippen MR) is 171 cm³/mol. The minimum atomic E-state index is -0.734. The number of nitrogens with one attached hydrogen (secondary N) is 2. The number of fused-ring (bicyclic) bond motifs is 1. The van der Waals surface area contributed by atoms with Gasteiger partial charge in [-0.15, -0.1) is 11.6 Å². The number of likely N-dealkylation sites (N-methyl/N-ethyl adjacent to an activating group) is 1. The number of nitrogens with zero attached hydrogens (tertiary/aromatic N) is 3. The second kappa shape index (κ2) is 13.9. The summed E-state index contributed by atoms with van der Waals surface area (Å²) in [6.07, 6.45) is 9.22. The topological polar surface area (TPSA) is 103 Å². The maximum atomic E-state index is 14.1. The maximum absolute atomic E-state index is 14.1. The van der Waals surface area contributed by atoms with Crippen LogP contribution in [0.4, 0.5) is 0 Å². The number of alkyl halides is 1. The van der Waals surface area contributed by atoms with Crippen molar-refractivity contribution in [2.45, 2.75) is 121 Å². The molecule has 4 rings (SSSR count). The van der Waals surface area contributed by atoms with Crippen LogP contribution in [0.2, 0.25) is 0 Å². The first-order valence-corrected chi connectivity index (χ1v) is 16.9. The van der Waals surface area contributed by atoms with Crippen molar-refractivity contribution in [1.82, 2.24) is 25.3 Å². The van der Waals surface area contributed by atoms with Crippen molar-refractivity contribution in [2.24, 2.45) is 22.8 Å². The SMILES string of the molecule is CCCC1=C2CC2(CC)CCCCC(C(C(=O)NC2CNCCC2N2CCN(C)C(C)(C)C2)C(N)N)N(C)CC1Cl. The van der Waals surface area contributed by atoms with Gasteiger partial charge in [-0.2, -0.15) is 0 Å². The first kappa shape index (κ1) is 33.2. The summed E-state index contributed by atoms with van der Waals surface area (Å²) in [6, 6.07) is 0.289. The summed E-state index contributed by atoms with van der Waals surface area (Å²) >= 11 is 7.20. The van der Waals surface area contributed by atoms with E-state index in [1.54, 1.807) is 5.57 Å². The Morgan fingerprint density at radius 1 is 1.17 bits per heavy atom. The molecule has 0 aromatic rings. The fourth-order valence-electron chi connectivity index (χ4n) is 8.13. The molecule has 0 bridgehead atoms. The summed E-state index contributed by atoms with van der Waals surface area (Å²) in [5.41, 5.74) is 16.5. The average molecular weight is 594 g/mol. The third kappa shape index (κ3) is 7.50. The highest BCUT2D eigenvalue weighted by molar-refractivity contribution is 6.22. The largest absolute Gasteiger partial charge is 0.350 e. The van der Waals surface area contributed by atoms with Crippen LogP contribution in [0.15, 0.2) is 11.1 Å². The fourth-order valence-corrected chi connectivity index (χ4v) is 8.59. The molecule has 3 fully saturated rings. The molecule has 6 atom stereocenters. The molecular formula is C32H60ClN7O. The summed E-state index contributed by atoms with van der Waals surface area (Å²) in [7, 11) is 4.33. The highest BCUT2D eigenvalue weighted by Gasteiger charge is 2.49. The van der Waals surface area contributed by atoms with E-state index in [-0.39, 0.29) is 28.9 Å². The standard InChI is InChI=1S/C32H60ClN7O/c1-7-11-22-23-18-32(23,8-2)14-10-9-12-27(38(5)20-24(22)33)28(29(34)35)30(41)37-25-19-36-15-13-26(25)40-17-16-39(6)31(3,4)21-40/h24-29,36H,7-21,34-35H2,1-6H3,(H,37,41). The Kier molecular flexibility index (Phi) is 11.3. The van der Waals surface area contributed by atoms with E-state index in [1.165, 1.54) is 24.8 Å². The Morgan fingerprint density at radius 2 is 1.93 bits per heavy atom. The Hall–Kier alpha value is -0.740. The Morgan fingerprint density at radius 3 is 2.59 bits per heavy atom. The zero-order chi connectivity index (χ0) is 29.9. The van der Waals surface area contributed by atoms with E-state index in [0.717, 1.165) is 71.2 Å². The van der Waals surface area contributed by atoms with Gasteiger partial charge in [0, 0.05) is 50.3 Å². The van der Waals surface area contributed by atoms with Crippen molar-refractivity contribution in [1.29, 1.82) is 0 Å². The van der Waals surface area contributed by atoms with Crippen molar-refractivity contribution in [3.05, 3.63) is 11.1 Å². The fraction of sp³-hybridized carbons (Fsp3) is 0.906. The van der Waals surface area contributed by atoms with Gasteiger partial charge in [0.25, 0.3) is 0 Å². The molecule has 0 aromatic heterocycles. The van der Waals surface area contributed by atoms with Crippen molar-refractivity contribution in [3.63, 3.8) is 0 Å². The van der Waals surface area contributed by atoms with E-state index in [4.69, 9.17) is 23.1 Å². The molecule has 0 aromatic carbocycles. The molecule has 9 heteroatoms. The zero-order valence-electron chi connectivity index (χ0n) is 26.9. The van der Waals surface area contributed by atoms with Crippen LogP contribution in [-0.2, 0) is 4.79 Å². The van der Waals surface area contributed by atoms with Crippen molar-refractivity contribution in [2.75, 3.05) is 53.4 Å². The number of hydrogen-bond donors (Lipinski definition) is 4. The quantitative estimate of drug-likeness (QED) is 0.195. The number of halogens is 1. The summed E-state index contributed by atoms with van der Waals surface area (Å²) < 4.78 is 0. The van der Waals surface area contributed by atoms with Crippen LogP contribution in [0.25, 0.3) is 0 Å². The monoisotopic (exact) mass is 593 g/mol. The van der Waals surface area contributed by atoms with Gasteiger partial charge in [-0.3, -0.25) is 14.6 Å².